The lowest BCUT2D eigenvalue weighted by Gasteiger charge is -2.28. The molecule has 3 aromatic rings. The summed E-state index contributed by atoms with van der Waals surface area (Å²) in [6.45, 7) is 2.64. The first-order valence-electron chi connectivity index (χ1n) is 10.5. The fourth-order valence-corrected chi connectivity index (χ4v) is 4.93. The molecule has 0 amide bonds. The zero-order valence-electron chi connectivity index (χ0n) is 18.4. The molecule has 2 aliphatic rings. The third-order valence-corrected chi connectivity index (χ3v) is 6.63. The van der Waals surface area contributed by atoms with E-state index in [4.69, 9.17) is 4.74 Å². The SMILES string of the molecule is CN1C(c2ccc(F)cc2)=CS/C1=C(/C#N)c1nnc(N2CCOCC2)n1-c1ccccc1.[Br-]. The van der Waals surface area contributed by atoms with Crippen LogP contribution in [-0.2, 0) is 4.74 Å². The van der Waals surface area contributed by atoms with Gasteiger partial charge >= 0.3 is 0 Å². The third kappa shape index (κ3) is 4.46. The lowest BCUT2D eigenvalue weighted by molar-refractivity contribution is -0.00000815. The molecule has 1 saturated heterocycles. The van der Waals surface area contributed by atoms with E-state index >= 15 is 0 Å². The number of nitrogens with zero attached hydrogens (tertiary/aromatic N) is 6. The second-order valence-corrected chi connectivity index (χ2v) is 8.43. The van der Waals surface area contributed by atoms with Gasteiger partial charge in [-0.1, -0.05) is 30.0 Å². The lowest BCUT2D eigenvalue weighted by Crippen LogP contribution is -3.00. The standard InChI is InChI=1S/C24H21FN6OS.BrH/c1-29-21(17-7-9-18(25)10-8-17)16-33-23(29)20(15-26)22-27-28-24(30-11-13-32-14-12-30)31(22)19-5-3-2-4-6-19;/h2-10,16H,11-14H2,1H3;1H/p-1/b23-20-;. The van der Waals surface area contributed by atoms with E-state index in [1.54, 1.807) is 12.1 Å². The number of anilines is 1. The number of para-hydroxylation sites is 1. The monoisotopic (exact) mass is 539 g/mol. The maximum absolute atomic E-state index is 13.4. The number of benzene rings is 2. The van der Waals surface area contributed by atoms with Crippen LogP contribution < -0.4 is 21.9 Å². The van der Waals surface area contributed by atoms with Crippen LogP contribution in [0.15, 0.2) is 65.0 Å². The molecule has 0 N–H and O–H groups in total. The Balaban J connectivity index is 0.00000274. The van der Waals surface area contributed by atoms with E-state index < -0.39 is 0 Å². The highest BCUT2D eigenvalue weighted by Crippen LogP contribution is 2.42. The van der Waals surface area contributed by atoms with Crippen molar-refractivity contribution in [3.8, 4) is 11.8 Å². The van der Waals surface area contributed by atoms with Gasteiger partial charge in [0.05, 0.1) is 24.6 Å². The number of halogens is 2. The van der Waals surface area contributed by atoms with Crippen molar-refractivity contribution >= 4 is 29.0 Å². The summed E-state index contributed by atoms with van der Waals surface area (Å²) >= 11 is 1.45. The number of hydrogen-bond acceptors (Lipinski definition) is 7. The molecule has 1 fully saturated rings. The predicted octanol–water partition coefficient (Wildman–Crippen LogP) is 1.12. The molecule has 10 heteroatoms. The van der Waals surface area contributed by atoms with Crippen LogP contribution in [0.25, 0.3) is 17.0 Å². The fraction of sp³-hybridized carbons (Fsp3) is 0.208. The van der Waals surface area contributed by atoms with Crippen LogP contribution in [0.1, 0.15) is 11.4 Å². The number of ether oxygens (including phenoxy) is 1. The van der Waals surface area contributed by atoms with Gasteiger partial charge in [0.2, 0.25) is 5.95 Å². The summed E-state index contributed by atoms with van der Waals surface area (Å²) < 4.78 is 20.8. The van der Waals surface area contributed by atoms with Crippen LogP contribution >= 0.6 is 11.8 Å². The summed E-state index contributed by atoms with van der Waals surface area (Å²) in [6, 6.07) is 18.5. The number of thioether (sulfide) groups is 1. The summed E-state index contributed by atoms with van der Waals surface area (Å²) in [5.74, 6) is 0.881. The van der Waals surface area contributed by atoms with Crippen molar-refractivity contribution in [3.05, 3.63) is 82.2 Å². The van der Waals surface area contributed by atoms with Crippen molar-refractivity contribution in [2.45, 2.75) is 0 Å². The zero-order chi connectivity index (χ0) is 22.8. The second-order valence-electron chi connectivity index (χ2n) is 7.57. The van der Waals surface area contributed by atoms with Crippen molar-refractivity contribution in [3.63, 3.8) is 0 Å². The molecule has 0 aliphatic carbocycles. The van der Waals surface area contributed by atoms with Crippen LogP contribution in [0.3, 0.4) is 0 Å². The highest BCUT2D eigenvalue weighted by molar-refractivity contribution is 8.06. The highest BCUT2D eigenvalue weighted by Gasteiger charge is 2.29. The molecule has 2 aromatic carbocycles. The van der Waals surface area contributed by atoms with Gasteiger partial charge in [0, 0.05) is 25.5 Å². The second kappa shape index (κ2) is 10.4. The van der Waals surface area contributed by atoms with Gasteiger partial charge in [-0.25, -0.2) is 4.39 Å². The van der Waals surface area contributed by atoms with Gasteiger partial charge in [0.1, 0.15) is 22.5 Å². The molecule has 0 saturated carbocycles. The van der Waals surface area contributed by atoms with Crippen LogP contribution in [0.4, 0.5) is 10.3 Å². The molecule has 0 unspecified atom stereocenters. The van der Waals surface area contributed by atoms with Crippen molar-refractivity contribution in [2.24, 2.45) is 0 Å². The lowest BCUT2D eigenvalue weighted by atomic mass is 10.1. The summed E-state index contributed by atoms with van der Waals surface area (Å²) in [5.41, 5.74) is 3.07. The van der Waals surface area contributed by atoms with Crippen molar-refractivity contribution < 1.29 is 26.1 Å². The molecule has 2 aliphatic heterocycles. The molecule has 3 heterocycles. The maximum atomic E-state index is 13.4. The van der Waals surface area contributed by atoms with Crippen LogP contribution in [-0.4, -0.2) is 53.0 Å². The molecule has 5 rings (SSSR count). The molecule has 7 nitrogen and oxygen atoms in total. The summed E-state index contributed by atoms with van der Waals surface area (Å²) in [7, 11) is 1.90. The minimum absolute atomic E-state index is 0. The van der Waals surface area contributed by atoms with Gasteiger partial charge in [0.25, 0.3) is 0 Å². The van der Waals surface area contributed by atoms with Crippen molar-refractivity contribution in [1.82, 2.24) is 19.7 Å². The number of morpholine rings is 1. The largest absolute Gasteiger partial charge is 1.00 e. The van der Waals surface area contributed by atoms with Gasteiger partial charge in [0.15, 0.2) is 5.82 Å². The number of nitriles is 1. The number of aromatic nitrogens is 3. The summed E-state index contributed by atoms with van der Waals surface area (Å²) in [6.07, 6.45) is 0. The third-order valence-electron chi connectivity index (χ3n) is 5.59. The first-order valence-corrected chi connectivity index (χ1v) is 11.4. The smallest absolute Gasteiger partial charge is 0.232 e. The van der Waals surface area contributed by atoms with E-state index in [2.05, 4.69) is 21.2 Å². The summed E-state index contributed by atoms with van der Waals surface area (Å²) in [5, 5.41) is 21.9. The average molecular weight is 540 g/mol. The summed E-state index contributed by atoms with van der Waals surface area (Å²) in [4.78, 5) is 4.06. The molecule has 174 valence electrons. The van der Waals surface area contributed by atoms with Crippen molar-refractivity contribution in [2.75, 3.05) is 38.3 Å². The Labute approximate surface area is 211 Å². The highest BCUT2D eigenvalue weighted by atomic mass is 79.9. The average Bonchev–Trinajstić information content (AvgIpc) is 3.46. The zero-order valence-corrected chi connectivity index (χ0v) is 20.8. The fourth-order valence-electron chi connectivity index (χ4n) is 3.90. The van der Waals surface area contributed by atoms with Crippen molar-refractivity contribution in [1.29, 1.82) is 5.26 Å². The molecular weight excluding hydrogens is 519 g/mol. The van der Waals surface area contributed by atoms with E-state index in [-0.39, 0.29) is 22.8 Å². The molecule has 0 bridgehead atoms. The predicted molar refractivity (Wildman–Crippen MR) is 127 cm³/mol. The number of hydrogen-bond donors (Lipinski definition) is 0. The van der Waals surface area contributed by atoms with Gasteiger partial charge in [-0.3, -0.25) is 4.57 Å². The van der Waals surface area contributed by atoms with Gasteiger partial charge < -0.3 is 31.5 Å². The molecule has 1 aromatic heterocycles. The van der Waals surface area contributed by atoms with Crippen LogP contribution in [0, 0.1) is 17.1 Å². The molecular formula is C24H21BrFN6OS-. The van der Waals surface area contributed by atoms with E-state index in [0.717, 1.165) is 22.0 Å². The maximum Gasteiger partial charge on any atom is 0.232 e. The molecule has 0 atom stereocenters. The normalized spacial score (nSPS) is 17.1. The first-order chi connectivity index (χ1) is 16.2. The van der Waals surface area contributed by atoms with Crippen LogP contribution in [0.2, 0.25) is 0 Å². The van der Waals surface area contributed by atoms with Gasteiger partial charge in [-0.2, -0.15) is 5.26 Å². The Morgan fingerprint density at radius 2 is 1.76 bits per heavy atom. The Bertz CT molecular complexity index is 1260. The molecule has 34 heavy (non-hydrogen) atoms. The Morgan fingerprint density at radius 1 is 1.06 bits per heavy atom. The van der Waals surface area contributed by atoms with E-state index in [1.807, 2.05) is 52.3 Å². The van der Waals surface area contributed by atoms with Gasteiger partial charge in [-0.05, 0) is 42.0 Å². The number of rotatable bonds is 4. The first kappa shape index (κ1) is 24.0. The van der Waals surface area contributed by atoms with Crippen LogP contribution in [0.5, 0.6) is 0 Å². The topological polar surface area (TPSA) is 70.2 Å². The van der Waals surface area contributed by atoms with E-state index in [9.17, 15) is 9.65 Å². The number of allylic oxidation sites excluding steroid dienone is 1. The Hall–Kier alpha value is -3.13. The Kier molecular flexibility index (Phi) is 7.36. The van der Waals surface area contributed by atoms with E-state index in [0.29, 0.717) is 43.6 Å². The Morgan fingerprint density at radius 3 is 2.44 bits per heavy atom. The minimum Gasteiger partial charge on any atom is -1.00 e. The quantitative estimate of drug-likeness (QED) is 0.460. The molecule has 0 radical (unpaired) electrons. The van der Waals surface area contributed by atoms with Gasteiger partial charge in [-0.15, -0.1) is 10.2 Å². The molecule has 0 spiro atoms. The minimum atomic E-state index is -0.285. The van der Waals surface area contributed by atoms with E-state index in [1.165, 1.54) is 23.9 Å².